The van der Waals surface area contributed by atoms with Crippen LogP contribution in [0.25, 0.3) is 5.65 Å². The average Bonchev–Trinajstić information content (AvgIpc) is 2.47. The standard InChI is InChI=1S/C9H11N3O/c1-3-13-9-8-11-7(2)6-12(8)5-4-10-9/h4-6H,3H2,1-2H3. The number of hydrogen-bond donors (Lipinski definition) is 0. The number of fused-ring (bicyclic) bond motifs is 1. The van der Waals surface area contributed by atoms with Gasteiger partial charge in [0.1, 0.15) is 0 Å². The Morgan fingerprint density at radius 3 is 3.15 bits per heavy atom. The van der Waals surface area contributed by atoms with Crippen molar-refractivity contribution in [2.45, 2.75) is 13.8 Å². The molecule has 0 N–H and O–H groups in total. The highest BCUT2D eigenvalue weighted by Crippen LogP contribution is 2.14. The van der Waals surface area contributed by atoms with Gasteiger partial charge in [0, 0.05) is 18.6 Å². The molecule has 0 saturated carbocycles. The molecule has 0 aromatic carbocycles. The van der Waals surface area contributed by atoms with Crippen molar-refractivity contribution in [1.82, 2.24) is 14.4 Å². The zero-order chi connectivity index (χ0) is 9.26. The van der Waals surface area contributed by atoms with Gasteiger partial charge in [-0.05, 0) is 13.8 Å². The van der Waals surface area contributed by atoms with E-state index in [4.69, 9.17) is 4.74 Å². The molecular formula is C9H11N3O. The van der Waals surface area contributed by atoms with Gasteiger partial charge in [0.25, 0.3) is 5.88 Å². The fraction of sp³-hybridized carbons (Fsp3) is 0.333. The molecular weight excluding hydrogens is 166 g/mol. The number of rotatable bonds is 2. The third kappa shape index (κ3) is 1.35. The summed E-state index contributed by atoms with van der Waals surface area (Å²) < 4.78 is 7.25. The van der Waals surface area contributed by atoms with Crippen molar-refractivity contribution in [3.8, 4) is 5.88 Å². The number of aromatic nitrogens is 3. The van der Waals surface area contributed by atoms with Crippen LogP contribution < -0.4 is 4.74 Å². The summed E-state index contributed by atoms with van der Waals surface area (Å²) in [6.45, 7) is 4.49. The number of aryl methyl sites for hydroxylation is 1. The lowest BCUT2D eigenvalue weighted by Gasteiger charge is -2.01. The Hall–Kier alpha value is -1.58. The zero-order valence-electron chi connectivity index (χ0n) is 7.69. The fourth-order valence-electron chi connectivity index (χ4n) is 1.26. The summed E-state index contributed by atoms with van der Waals surface area (Å²) in [5, 5.41) is 0. The van der Waals surface area contributed by atoms with Gasteiger partial charge in [-0.3, -0.25) is 0 Å². The summed E-state index contributed by atoms with van der Waals surface area (Å²) in [4.78, 5) is 8.41. The fourth-order valence-corrected chi connectivity index (χ4v) is 1.26. The molecule has 0 atom stereocenters. The van der Waals surface area contributed by atoms with Gasteiger partial charge in [-0.1, -0.05) is 0 Å². The molecule has 68 valence electrons. The molecule has 2 heterocycles. The van der Waals surface area contributed by atoms with Crippen molar-refractivity contribution in [2.24, 2.45) is 0 Å². The van der Waals surface area contributed by atoms with Crippen molar-refractivity contribution in [2.75, 3.05) is 6.61 Å². The summed E-state index contributed by atoms with van der Waals surface area (Å²) in [6, 6.07) is 0. The summed E-state index contributed by atoms with van der Waals surface area (Å²) in [7, 11) is 0. The predicted molar refractivity (Wildman–Crippen MR) is 48.9 cm³/mol. The van der Waals surface area contributed by atoms with Crippen molar-refractivity contribution < 1.29 is 4.74 Å². The Kier molecular flexibility index (Phi) is 1.88. The summed E-state index contributed by atoms with van der Waals surface area (Å²) in [5.74, 6) is 0.595. The maximum Gasteiger partial charge on any atom is 0.258 e. The first-order chi connectivity index (χ1) is 6.31. The molecule has 2 rings (SSSR count). The second kappa shape index (κ2) is 3.05. The maximum absolute atomic E-state index is 5.34. The van der Waals surface area contributed by atoms with Crippen molar-refractivity contribution in [3.05, 3.63) is 24.3 Å². The van der Waals surface area contributed by atoms with Gasteiger partial charge in [-0.25, -0.2) is 9.97 Å². The van der Waals surface area contributed by atoms with Crippen LogP contribution in [-0.4, -0.2) is 21.0 Å². The Labute approximate surface area is 76.2 Å². The largest absolute Gasteiger partial charge is 0.475 e. The van der Waals surface area contributed by atoms with Crippen LogP contribution in [0.15, 0.2) is 18.6 Å². The second-order valence-corrected chi connectivity index (χ2v) is 2.78. The van der Waals surface area contributed by atoms with Crippen LogP contribution in [0.1, 0.15) is 12.6 Å². The lowest BCUT2D eigenvalue weighted by molar-refractivity contribution is 0.329. The highest BCUT2D eigenvalue weighted by Gasteiger charge is 2.05. The number of hydrogen-bond acceptors (Lipinski definition) is 3. The molecule has 0 unspecified atom stereocenters. The molecule has 0 amide bonds. The molecule has 2 aromatic rings. The van der Waals surface area contributed by atoms with E-state index in [2.05, 4.69) is 9.97 Å². The van der Waals surface area contributed by atoms with Gasteiger partial charge in [-0.15, -0.1) is 0 Å². The molecule has 13 heavy (non-hydrogen) atoms. The molecule has 2 aromatic heterocycles. The molecule has 0 spiro atoms. The molecule has 0 aliphatic rings. The second-order valence-electron chi connectivity index (χ2n) is 2.78. The number of ether oxygens (including phenoxy) is 1. The van der Waals surface area contributed by atoms with Crippen LogP contribution in [0.2, 0.25) is 0 Å². The minimum Gasteiger partial charge on any atom is -0.475 e. The Bertz CT molecular complexity index is 422. The van der Waals surface area contributed by atoms with Gasteiger partial charge in [0.2, 0.25) is 5.65 Å². The van der Waals surface area contributed by atoms with E-state index in [-0.39, 0.29) is 0 Å². The summed E-state index contributed by atoms with van der Waals surface area (Å²) >= 11 is 0. The van der Waals surface area contributed by atoms with Gasteiger partial charge in [-0.2, -0.15) is 0 Å². The lowest BCUT2D eigenvalue weighted by atomic mass is 10.6. The average molecular weight is 177 g/mol. The highest BCUT2D eigenvalue weighted by molar-refractivity contribution is 5.49. The quantitative estimate of drug-likeness (QED) is 0.696. The van der Waals surface area contributed by atoms with Gasteiger partial charge >= 0.3 is 0 Å². The third-order valence-electron chi connectivity index (χ3n) is 1.74. The van der Waals surface area contributed by atoms with E-state index in [0.29, 0.717) is 12.5 Å². The Balaban J connectivity index is 2.60. The van der Waals surface area contributed by atoms with Crippen LogP contribution in [0.5, 0.6) is 5.88 Å². The smallest absolute Gasteiger partial charge is 0.258 e. The van der Waals surface area contributed by atoms with Crippen LogP contribution in [0, 0.1) is 6.92 Å². The van der Waals surface area contributed by atoms with E-state index in [1.54, 1.807) is 6.20 Å². The van der Waals surface area contributed by atoms with E-state index in [0.717, 1.165) is 11.3 Å². The van der Waals surface area contributed by atoms with Crippen molar-refractivity contribution in [3.63, 3.8) is 0 Å². The first-order valence-electron chi connectivity index (χ1n) is 4.24. The zero-order valence-corrected chi connectivity index (χ0v) is 7.69. The molecule has 0 bridgehead atoms. The molecule has 0 fully saturated rings. The summed E-state index contributed by atoms with van der Waals surface area (Å²) in [5.41, 5.74) is 1.75. The van der Waals surface area contributed by atoms with E-state index >= 15 is 0 Å². The Morgan fingerprint density at radius 2 is 2.38 bits per heavy atom. The van der Waals surface area contributed by atoms with E-state index < -0.39 is 0 Å². The minimum atomic E-state index is 0.595. The van der Waals surface area contributed by atoms with Crippen molar-refractivity contribution in [1.29, 1.82) is 0 Å². The number of nitrogens with zero attached hydrogens (tertiary/aromatic N) is 3. The predicted octanol–water partition coefficient (Wildman–Crippen LogP) is 1.44. The molecule has 4 nitrogen and oxygen atoms in total. The SMILES string of the molecule is CCOc1nccn2cc(C)nc12. The van der Waals surface area contributed by atoms with Gasteiger partial charge in [0.15, 0.2) is 0 Å². The molecule has 0 aliphatic carbocycles. The van der Waals surface area contributed by atoms with E-state index in [1.165, 1.54) is 0 Å². The van der Waals surface area contributed by atoms with Crippen LogP contribution in [0.3, 0.4) is 0 Å². The molecule has 0 saturated heterocycles. The van der Waals surface area contributed by atoms with E-state index in [1.807, 2.05) is 30.6 Å². The topological polar surface area (TPSA) is 39.4 Å². The van der Waals surface area contributed by atoms with Gasteiger partial charge in [0.05, 0.1) is 12.3 Å². The maximum atomic E-state index is 5.34. The van der Waals surface area contributed by atoms with Gasteiger partial charge < -0.3 is 9.14 Å². The van der Waals surface area contributed by atoms with Crippen LogP contribution in [-0.2, 0) is 0 Å². The van der Waals surface area contributed by atoms with Crippen LogP contribution in [0.4, 0.5) is 0 Å². The van der Waals surface area contributed by atoms with Crippen molar-refractivity contribution >= 4 is 5.65 Å². The lowest BCUT2D eigenvalue weighted by Crippen LogP contribution is -1.97. The molecule has 4 heteroatoms. The highest BCUT2D eigenvalue weighted by atomic mass is 16.5. The first kappa shape index (κ1) is 8.04. The minimum absolute atomic E-state index is 0.595. The van der Waals surface area contributed by atoms with Crippen LogP contribution >= 0.6 is 0 Å². The first-order valence-corrected chi connectivity index (χ1v) is 4.24. The summed E-state index contributed by atoms with van der Waals surface area (Å²) in [6.07, 6.45) is 5.51. The van der Waals surface area contributed by atoms with E-state index in [9.17, 15) is 0 Å². The normalized spacial score (nSPS) is 10.6. The molecule has 0 radical (unpaired) electrons. The number of imidazole rings is 1. The monoisotopic (exact) mass is 177 g/mol. The Morgan fingerprint density at radius 1 is 1.54 bits per heavy atom. The third-order valence-corrected chi connectivity index (χ3v) is 1.74. The molecule has 0 aliphatic heterocycles.